The molecule has 2 heterocycles. The van der Waals surface area contributed by atoms with Crippen LogP contribution in [0, 0.1) is 20.8 Å². The van der Waals surface area contributed by atoms with E-state index in [1.54, 1.807) is 0 Å². The van der Waals surface area contributed by atoms with Crippen LogP contribution in [0.2, 0.25) is 0 Å². The normalized spacial score (nSPS) is 11.4. The number of benzene rings is 1. The largest absolute Gasteiger partial charge is 0.232 e. The van der Waals surface area contributed by atoms with Crippen molar-refractivity contribution >= 4 is 16.4 Å². The molecule has 3 aromatic rings. The van der Waals surface area contributed by atoms with Gasteiger partial charge in [0.15, 0.2) is 0 Å². The van der Waals surface area contributed by atoms with Gasteiger partial charge in [-0.25, -0.2) is 4.52 Å². The van der Waals surface area contributed by atoms with Crippen LogP contribution >= 0.6 is 0 Å². The van der Waals surface area contributed by atoms with Gasteiger partial charge >= 0.3 is 0 Å². The molecule has 2 nitrogen and oxygen atoms in total. The Balaban J connectivity index is 2.67. The quantitative estimate of drug-likeness (QED) is 0.555. The molecule has 16 heavy (non-hydrogen) atoms. The number of fused-ring (bicyclic) bond motifs is 3. The molecule has 80 valence electrons. The minimum absolute atomic E-state index is 1.06. The number of para-hydroxylation sites is 1. The molecule has 0 amide bonds. The number of hydrogen-bond acceptors (Lipinski definition) is 1. The van der Waals surface area contributed by atoms with E-state index >= 15 is 0 Å². The van der Waals surface area contributed by atoms with Gasteiger partial charge in [-0.05, 0) is 44.0 Å². The van der Waals surface area contributed by atoms with Crippen LogP contribution in [-0.2, 0) is 0 Å². The van der Waals surface area contributed by atoms with E-state index in [9.17, 15) is 0 Å². The van der Waals surface area contributed by atoms with Gasteiger partial charge < -0.3 is 0 Å². The van der Waals surface area contributed by atoms with Crippen LogP contribution in [0.3, 0.4) is 0 Å². The monoisotopic (exact) mass is 210 g/mol. The minimum Gasteiger partial charge on any atom is -0.232 e. The predicted molar refractivity (Wildman–Crippen MR) is 66.9 cm³/mol. The lowest BCUT2D eigenvalue weighted by molar-refractivity contribution is 0.924. The Kier molecular flexibility index (Phi) is 1.81. The van der Waals surface area contributed by atoms with Crippen molar-refractivity contribution in [3.8, 4) is 0 Å². The SMILES string of the molecule is Cc1cc(C)c2c(C)c3ccccc3n2n1. The van der Waals surface area contributed by atoms with E-state index in [0.717, 1.165) is 5.69 Å². The van der Waals surface area contributed by atoms with Crippen LogP contribution in [0.15, 0.2) is 30.3 Å². The first-order chi connectivity index (χ1) is 7.68. The maximum atomic E-state index is 4.60. The molecule has 0 radical (unpaired) electrons. The average molecular weight is 210 g/mol. The van der Waals surface area contributed by atoms with Crippen molar-refractivity contribution in [3.63, 3.8) is 0 Å². The van der Waals surface area contributed by atoms with Gasteiger partial charge in [-0.1, -0.05) is 18.2 Å². The fraction of sp³-hybridized carbons (Fsp3) is 0.214. The molecule has 0 bridgehead atoms. The molecule has 0 saturated heterocycles. The molecule has 0 aliphatic heterocycles. The summed E-state index contributed by atoms with van der Waals surface area (Å²) in [6.07, 6.45) is 0. The number of aryl methyl sites for hydroxylation is 3. The Hall–Kier alpha value is -1.83. The van der Waals surface area contributed by atoms with E-state index < -0.39 is 0 Å². The van der Waals surface area contributed by atoms with Gasteiger partial charge in [-0.3, -0.25) is 0 Å². The van der Waals surface area contributed by atoms with E-state index in [2.05, 4.69) is 53.8 Å². The lowest BCUT2D eigenvalue weighted by Gasteiger charge is -2.02. The molecule has 0 N–H and O–H groups in total. The third-order valence-corrected chi connectivity index (χ3v) is 3.16. The Bertz CT molecular complexity index is 693. The molecule has 0 aliphatic carbocycles. The highest BCUT2D eigenvalue weighted by molar-refractivity contribution is 5.92. The summed E-state index contributed by atoms with van der Waals surface area (Å²) in [7, 11) is 0. The summed E-state index contributed by atoms with van der Waals surface area (Å²) in [5, 5.41) is 5.90. The molecule has 2 aromatic heterocycles. The molecular formula is C14H14N2. The van der Waals surface area contributed by atoms with Crippen molar-refractivity contribution in [1.82, 2.24) is 9.61 Å². The molecule has 0 aliphatic rings. The fourth-order valence-electron chi connectivity index (χ4n) is 2.52. The van der Waals surface area contributed by atoms with E-state index in [1.165, 1.54) is 27.5 Å². The molecular weight excluding hydrogens is 196 g/mol. The zero-order chi connectivity index (χ0) is 11.3. The number of nitrogens with zero attached hydrogens (tertiary/aromatic N) is 2. The zero-order valence-corrected chi connectivity index (χ0v) is 9.78. The second-order valence-corrected chi connectivity index (χ2v) is 4.37. The van der Waals surface area contributed by atoms with E-state index in [4.69, 9.17) is 0 Å². The minimum atomic E-state index is 1.06. The maximum absolute atomic E-state index is 4.60. The molecule has 0 atom stereocenters. The Morgan fingerprint density at radius 3 is 2.62 bits per heavy atom. The predicted octanol–water partition coefficient (Wildman–Crippen LogP) is 3.41. The highest BCUT2D eigenvalue weighted by atomic mass is 15.2. The van der Waals surface area contributed by atoms with Gasteiger partial charge in [0.1, 0.15) is 0 Å². The van der Waals surface area contributed by atoms with E-state index in [-0.39, 0.29) is 0 Å². The van der Waals surface area contributed by atoms with Gasteiger partial charge in [0, 0.05) is 5.39 Å². The summed E-state index contributed by atoms with van der Waals surface area (Å²) in [6, 6.07) is 10.6. The third kappa shape index (κ3) is 1.10. The smallest absolute Gasteiger partial charge is 0.0728 e. The maximum Gasteiger partial charge on any atom is 0.0728 e. The number of aromatic nitrogens is 2. The topological polar surface area (TPSA) is 17.3 Å². The van der Waals surface area contributed by atoms with Gasteiger partial charge in [0.25, 0.3) is 0 Å². The van der Waals surface area contributed by atoms with Crippen molar-refractivity contribution < 1.29 is 0 Å². The van der Waals surface area contributed by atoms with Crippen LogP contribution in [-0.4, -0.2) is 9.61 Å². The van der Waals surface area contributed by atoms with Gasteiger partial charge in [-0.2, -0.15) is 5.10 Å². The Morgan fingerprint density at radius 2 is 1.81 bits per heavy atom. The van der Waals surface area contributed by atoms with Crippen LogP contribution in [0.5, 0.6) is 0 Å². The molecule has 2 heteroatoms. The lowest BCUT2D eigenvalue weighted by Crippen LogP contribution is -1.96. The summed E-state index contributed by atoms with van der Waals surface area (Å²) in [6.45, 7) is 6.36. The van der Waals surface area contributed by atoms with Crippen LogP contribution < -0.4 is 0 Å². The van der Waals surface area contributed by atoms with Crippen LogP contribution in [0.4, 0.5) is 0 Å². The Labute approximate surface area is 94.5 Å². The number of rotatable bonds is 0. The summed E-state index contributed by atoms with van der Waals surface area (Å²) < 4.78 is 2.06. The second kappa shape index (κ2) is 3.08. The molecule has 0 saturated carbocycles. The van der Waals surface area contributed by atoms with Crippen molar-refractivity contribution in [2.75, 3.05) is 0 Å². The second-order valence-electron chi connectivity index (χ2n) is 4.37. The first-order valence-electron chi connectivity index (χ1n) is 5.53. The molecule has 3 rings (SSSR count). The molecule has 0 spiro atoms. The van der Waals surface area contributed by atoms with Crippen LogP contribution in [0.1, 0.15) is 16.8 Å². The highest BCUT2D eigenvalue weighted by Gasteiger charge is 2.10. The molecule has 0 unspecified atom stereocenters. The van der Waals surface area contributed by atoms with Crippen LogP contribution in [0.25, 0.3) is 16.4 Å². The number of hydrogen-bond donors (Lipinski definition) is 0. The summed E-state index contributed by atoms with van der Waals surface area (Å²) in [4.78, 5) is 0. The Morgan fingerprint density at radius 1 is 1.06 bits per heavy atom. The first-order valence-corrected chi connectivity index (χ1v) is 5.53. The van der Waals surface area contributed by atoms with Crippen molar-refractivity contribution in [3.05, 3.63) is 47.2 Å². The average Bonchev–Trinajstić information content (AvgIpc) is 2.54. The lowest BCUT2D eigenvalue weighted by atomic mass is 10.1. The van der Waals surface area contributed by atoms with Crippen molar-refractivity contribution in [1.29, 1.82) is 0 Å². The van der Waals surface area contributed by atoms with E-state index in [0.29, 0.717) is 0 Å². The van der Waals surface area contributed by atoms with Crippen molar-refractivity contribution in [2.24, 2.45) is 0 Å². The van der Waals surface area contributed by atoms with Gasteiger partial charge in [-0.15, -0.1) is 0 Å². The standard InChI is InChI=1S/C14H14N2/c1-9-8-10(2)15-16-13-7-5-4-6-12(13)11(3)14(9)16/h4-8H,1-3H3. The fourth-order valence-corrected chi connectivity index (χ4v) is 2.52. The van der Waals surface area contributed by atoms with Gasteiger partial charge in [0.2, 0.25) is 0 Å². The van der Waals surface area contributed by atoms with E-state index in [1.807, 2.05) is 6.92 Å². The summed E-state index contributed by atoms with van der Waals surface area (Å²) in [5.74, 6) is 0. The first kappa shape index (κ1) is 9.40. The molecule has 0 fully saturated rings. The summed E-state index contributed by atoms with van der Waals surface area (Å²) in [5.41, 5.74) is 6.11. The zero-order valence-electron chi connectivity index (χ0n) is 9.78. The van der Waals surface area contributed by atoms with Crippen molar-refractivity contribution in [2.45, 2.75) is 20.8 Å². The third-order valence-electron chi connectivity index (χ3n) is 3.16. The summed E-state index contributed by atoms with van der Waals surface area (Å²) >= 11 is 0. The highest BCUT2D eigenvalue weighted by Crippen LogP contribution is 2.27. The molecule has 1 aromatic carbocycles. The van der Waals surface area contributed by atoms with Gasteiger partial charge in [0.05, 0.1) is 16.7 Å².